The largest absolute Gasteiger partial charge is 0.371 e. The highest BCUT2D eigenvalue weighted by Crippen LogP contribution is 2.27. The Hall–Kier alpha value is -3.32. The normalized spacial score (nSPS) is 16.8. The van der Waals surface area contributed by atoms with Gasteiger partial charge in [0.1, 0.15) is 6.54 Å². The summed E-state index contributed by atoms with van der Waals surface area (Å²) in [6.07, 6.45) is 2.48. The first-order chi connectivity index (χ1) is 17.6. The number of nitrogens with zero attached hydrogens (tertiary/aromatic N) is 2. The molecule has 1 aliphatic heterocycles. The van der Waals surface area contributed by atoms with E-state index in [9.17, 15) is 13.2 Å². The van der Waals surface area contributed by atoms with Gasteiger partial charge in [-0.2, -0.15) is 0 Å². The Morgan fingerprint density at radius 3 is 2.30 bits per heavy atom. The van der Waals surface area contributed by atoms with Crippen molar-refractivity contribution in [1.29, 1.82) is 0 Å². The number of piperidine rings is 1. The quantitative estimate of drug-likeness (QED) is 0.420. The van der Waals surface area contributed by atoms with Crippen molar-refractivity contribution in [2.24, 2.45) is 5.92 Å². The fourth-order valence-electron chi connectivity index (χ4n) is 5.03. The molecule has 0 aliphatic carbocycles. The second-order valence-corrected chi connectivity index (χ2v) is 12.1. The second kappa shape index (κ2) is 11.4. The summed E-state index contributed by atoms with van der Waals surface area (Å²) in [5, 5.41) is 3.00. The maximum Gasteiger partial charge on any atom is 0.264 e. The first-order valence-electron chi connectivity index (χ1n) is 12.9. The van der Waals surface area contributed by atoms with Crippen LogP contribution in [0.3, 0.4) is 0 Å². The molecule has 1 aliphatic rings. The molecular weight excluding hydrogens is 482 g/mol. The standard InChI is InChI=1S/C30H37N3O3S/c1-22-9-8-16-32(20-22)27-14-12-26(13-15-27)25(4)31-30(34)21-33(28-18-23(2)17-24(3)19-28)37(35,36)29-10-6-5-7-11-29/h5-7,10-15,17-19,22,25H,8-9,16,20-21H2,1-4H3,(H,31,34). The molecule has 0 bridgehead atoms. The van der Waals surface area contributed by atoms with Crippen LogP contribution in [0.25, 0.3) is 0 Å². The maximum absolute atomic E-state index is 13.6. The summed E-state index contributed by atoms with van der Waals surface area (Å²) in [6.45, 7) is 9.87. The zero-order chi connectivity index (χ0) is 26.6. The SMILES string of the molecule is Cc1cc(C)cc(N(CC(=O)NC(C)c2ccc(N3CCCC(C)C3)cc2)S(=O)(=O)c2ccccc2)c1. The van der Waals surface area contributed by atoms with Gasteiger partial charge in [0.2, 0.25) is 5.91 Å². The molecule has 0 radical (unpaired) electrons. The Morgan fingerprint density at radius 2 is 1.68 bits per heavy atom. The second-order valence-electron chi connectivity index (χ2n) is 10.2. The van der Waals surface area contributed by atoms with Gasteiger partial charge in [-0.25, -0.2) is 8.42 Å². The molecule has 6 nitrogen and oxygen atoms in total. The third-order valence-electron chi connectivity index (χ3n) is 6.91. The van der Waals surface area contributed by atoms with E-state index in [1.54, 1.807) is 42.5 Å². The summed E-state index contributed by atoms with van der Waals surface area (Å²) in [7, 11) is -3.94. The number of sulfonamides is 1. The van der Waals surface area contributed by atoms with Crippen LogP contribution >= 0.6 is 0 Å². The monoisotopic (exact) mass is 519 g/mol. The minimum absolute atomic E-state index is 0.151. The van der Waals surface area contributed by atoms with Gasteiger partial charge in [-0.05, 0) is 92.6 Å². The van der Waals surface area contributed by atoms with Crippen molar-refractivity contribution in [1.82, 2.24) is 5.32 Å². The number of hydrogen-bond acceptors (Lipinski definition) is 4. The van der Waals surface area contributed by atoms with Crippen LogP contribution in [0.5, 0.6) is 0 Å². The molecule has 0 saturated carbocycles. The van der Waals surface area contributed by atoms with Crippen molar-refractivity contribution in [2.45, 2.75) is 51.5 Å². The van der Waals surface area contributed by atoms with E-state index in [0.717, 1.165) is 29.8 Å². The fourth-order valence-corrected chi connectivity index (χ4v) is 6.45. The average molecular weight is 520 g/mol. The number of nitrogens with one attached hydrogen (secondary N) is 1. The van der Waals surface area contributed by atoms with Crippen molar-refractivity contribution in [3.05, 3.63) is 89.5 Å². The van der Waals surface area contributed by atoms with Crippen molar-refractivity contribution in [3.8, 4) is 0 Å². The number of anilines is 2. The van der Waals surface area contributed by atoms with Gasteiger partial charge in [0.05, 0.1) is 16.6 Å². The number of hydrogen-bond donors (Lipinski definition) is 1. The Bertz CT molecular complexity index is 1300. The van der Waals surface area contributed by atoms with E-state index >= 15 is 0 Å². The highest BCUT2D eigenvalue weighted by Gasteiger charge is 2.28. The first kappa shape index (κ1) is 26.7. The van der Waals surface area contributed by atoms with Crippen LogP contribution in [0.15, 0.2) is 77.7 Å². The fraction of sp³-hybridized carbons (Fsp3) is 0.367. The van der Waals surface area contributed by atoms with E-state index in [2.05, 4.69) is 29.3 Å². The summed E-state index contributed by atoms with van der Waals surface area (Å²) in [5.41, 5.74) is 4.51. The molecule has 2 atom stereocenters. The highest BCUT2D eigenvalue weighted by atomic mass is 32.2. The summed E-state index contributed by atoms with van der Waals surface area (Å²) in [4.78, 5) is 15.7. The first-order valence-corrected chi connectivity index (χ1v) is 14.4. The summed E-state index contributed by atoms with van der Waals surface area (Å²) < 4.78 is 28.4. The minimum atomic E-state index is -3.94. The summed E-state index contributed by atoms with van der Waals surface area (Å²) in [6, 6.07) is 21.9. The van der Waals surface area contributed by atoms with E-state index in [1.165, 1.54) is 22.8 Å². The predicted octanol–water partition coefficient (Wildman–Crippen LogP) is 5.61. The molecule has 0 spiro atoms. The molecule has 1 amide bonds. The zero-order valence-electron chi connectivity index (χ0n) is 22.1. The van der Waals surface area contributed by atoms with Crippen molar-refractivity contribution < 1.29 is 13.2 Å². The summed E-state index contributed by atoms with van der Waals surface area (Å²) >= 11 is 0. The number of benzene rings is 3. The Kier molecular flexibility index (Phi) is 8.22. The van der Waals surface area contributed by atoms with Crippen LogP contribution in [0.4, 0.5) is 11.4 Å². The summed E-state index contributed by atoms with van der Waals surface area (Å²) in [5.74, 6) is 0.332. The lowest BCUT2D eigenvalue weighted by atomic mass is 9.99. The van der Waals surface area contributed by atoms with E-state index < -0.39 is 10.0 Å². The number of amides is 1. The zero-order valence-corrected chi connectivity index (χ0v) is 23.0. The van der Waals surface area contributed by atoms with E-state index in [-0.39, 0.29) is 23.4 Å². The van der Waals surface area contributed by atoms with E-state index in [1.807, 2.05) is 39.0 Å². The van der Waals surface area contributed by atoms with Gasteiger partial charge in [-0.1, -0.05) is 43.3 Å². The van der Waals surface area contributed by atoms with Gasteiger partial charge in [0, 0.05) is 18.8 Å². The molecule has 7 heteroatoms. The van der Waals surface area contributed by atoms with Crippen LogP contribution in [-0.4, -0.2) is 34.0 Å². The number of carbonyl (C=O) groups excluding carboxylic acids is 1. The molecule has 37 heavy (non-hydrogen) atoms. The van der Waals surface area contributed by atoms with Crippen LogP contribution in [0, 0.1) is 19.8 Å². The van der Waals surface area contributed by atoms with Crippen molar-refractivity contribution >= 4 is 27.3 Å². The number of aryl methyl sites for hydroxylation is 2. The van der Waals surface area contributed by atoms with Gasteiger partial charge >= 0.3 is 0 Å². The topological polar surface area (TPSA) is 69.7 Å². The smallest absolute Gasteiger partial charge is 0.264 e. The Balaban J connectivity index is 1.51. The van der Waals surface area contributed by atoms with Gasteiger partial charge in [-0.15, -0.1) is 0 Å². The lowest BCUT2D eigenvalue weighted by Gasteiger charge is -2.33. The Morgan fingerprint density at radius 1 is 1.03 bits per heavy atom. The van der Waals surface area contributed by atoms with Gasteiger partial charge in [0.15, 0.2) is 0 Å². The molecular formula is C30H37N3O3S. The van der Waals surface area contributed by atoms with Gasteiger partial charge in [0.25, 0.3) is 10.0 Å². The minimum Gasteiger partial charge on any atom is -0.371 e. The van der Waals surface area contributed by atoms with E-state index in [4.69, 9.17) is 0 Å². The molecule has 0 aromatic heterocycles. The molecule has 196 valence electrons. The molecule has 1 fully saturated rings. The third kappa shape index (κ3) is 6.52. The van der Waals surface area contributed by atoms with Crippen LogP contribution in [-0.2, 0) is 14.8 Å². The Labute approximate surface area is 221 Å². The highest BCUT2D eigenvalue weighted by molar-refractivity contribution is 7.92. The molecule has 2 unspecified atom stereocenters. The van der Waals surface area contributed by atoms with Crippen LogP contribution < -0.4 is 14.5 Å². The van der Waals surface area contributed by atoms with Crippen LogP contribution in [0.1, 0.15) is 49.4 Å². The average Bonchev–Trinajstić information content (AvgIpc) is 2.87. The lowest BCUT2D eigenvalue weighted by Crippen LogP contribution is -2.41. The molecule has 1 heterocycles. The molecule has 1 saturated heterocycles. The van der Waals surface area contributed by atoms with Gasteiger partial charge < -0.3 is 10.2 Å². The van der Waals surface area contributed by atoms with Crippen molar-refractivity contribution in [2.75, 3.05) is 28.8 Å². The molecule has 4 rings (SSSR count). The van der Waals surface area contributed by atoms with E-state index in [0.29, 0.717) is 11.6 Å². The maximum atomic E-state index is 13.6. The van der Waals surface area contributed by atoms with Crippen molar-refractivity contribution in [3.63, 3.8) is 0 Å². The number of carbonyl (C=O) groups is 1. The molecule has 1 N–H and O–H groups in total. The third-order valence-corrected chi connectivity index (χ3v) is 8.69. The predicted molar refractivity (Wildman–Crippen MR) is 151 cm³/mol. The molecule has 3 aromatic carbocycles. The number of rotatable bonds is 8. The van der Waals surface area contributed by atoms with Crippen LogP contribution in [0.2, 0.25) is 0 Å². The molecule has 3 aromatic rings. The van der Waals surface area contributed by atoms with Gasteiger partial charge in [-0.3, -0.25) is 9.10 Å². The lowest BCUT2D eigenvalue weighted by molar-refractivity contribution is -0.120.